The van der Waals surface area contributed by atoms with Crippen molar-refractivity contribution in [3.8, 4) is 11.6 Å². The van der Waals surface area contributed by atoms with Gasteiger partial charge in [-0.3, -0.25) is 9.59 Å². The molecule has 0 radical (unpaired) electrons. The van der Waals surface area contributed by atoms with Crippen molar-refractivity contribution in [1.82, 2.24) is 14.8 Å². The number of azo groups is 1. The molecule has 0 spiro atoms. The smallest absolute Gasteiger partial charge is 0.259 e. The van der Waals surface area contributed by atoms with E-state index in [2.05, 4.69) is 35.8 Å². The molecular formula is C28H18N8O3. The summed E-state index contributed by atoms with van der Waals surface area (Å²) in [5.74, 6) is -0.491. The van der Waals surface area contributed by atoms with Crippen molar-refractivity contribution in [3.63, 3.8) is 0 Å². The van der Waals surface area contributed by atoms with E-state index in [1.165, 1.54) is 10.9 Å². The van der Waals surface area contributed by atoms with Gasteiger partial charge in [0, 0.05) is 23.0 Å². The van der Waals surface area contributed by atoms with E-state index in [4.69, 9.17) is 6.57 Å². The van der Waals surface area contributed by atoms with E-state index in [1.54, 1.807) is 72.9 Å². The summed E-state index contributed by atoms with van der Waals surface area (Å²) in [6, 6.07) is 19.1. The Hall–Kier alpha value is -5.89. The second-order valence-corrected chi connectivity index (χ2v) is 8.66. The fourth-order valence-corrected chi connectivity index (χ4v) is 4.33. The number of aromatic hydroxyl groups is 1. The van der Waals surface area contributed by atoms with Crippen molar-refractivity contribution < 1.29 is 14.7 Å². The van der Waals surface area contributed by atoms with Gasteiger partial charge in [0.15, 0.2) is 17.4 Å². The Morgan fingerprint density at radius 3 is 2.77 bits per heavy atom. The minimum absolute atomic E-state index is 0.0178. The number of hydrogen-bond donors (Lipinski definition) is 3. The molecule has 188 valence electrons. The summed E-state index contributed by atoms with van der Waals surface area (Å²) in [7, 11) is 0. The van der Waals surface area contributed by atoms with Gasteiger partial charge < -0.3 is 15.7 Å². The van der Waals surface area contributed by atoms with E-state index >= 15 is 0 Å². The number of nitrogens with one attached hydrogen (secondary N) is 2. The first-order chi connectivity index (χ1) is 19.0. The highest BCUT2D eigenvalue weighted by Gasteiger charge is 2.21. The summed E-state index contributed by atoms with van der Waals surface area (Å²) in [6.45, 7) is 7.50. The maximum absolute atomic E-state index is 13.3. The summed E-state index contributed by atoms with van der Waals surface area (Å²) in [6.07, 6.45) is 3.24. The van der Waals surface area contributed by atoms with Crippen LogP contribution in [0.15, 0.2) is 89.4 Å². The van der Waals surface area contributed by atoms with Gasteiger partial charge >= 0.3 is 0 Å². The molecule has 0 fully saturated rings. The number of aromatic nitrogens is 3. The van der Waals surface area contributed by atoms with Crippen LogP contribution in [0.25, 0.3) is 21.4 Å². The maximum atomic E-state index is 13.3. The normalized spacial score (nSPS) is 12.3. The number of hydrogen-bond acceptors (Lipinski definition) is 7. The van der Waals surface area contributed by atoms with Crippen LogP contribution in [-0.2, 0) is 11.2 Å². The average Bonchev–Trinajstić information content (AvgIpc) is 3.54. The van der Waals surface area contributed by atoms with Crippen molar-refractivity contribution >= 4 is 51.2 Å². The molecule has 3 heterocycles. The maximum Gasteiger partial charge on any atom is 0.259 e. The van der Waals surface area contributed by atoms with Crippen molar-refractivity contribution in [2.24, 2.45) is 10.2 Å². The summed E-state index contributed by atoms with van der Waals surface area (Å²) >= 11 is 0. The molecule has 3 aromatic carbocycles. The fraction of sp³-hybridized carbons (Fsp3) is 0.0357. The third-order valence-electron chi connectivity index (χ3n) is 6.19. The van der Waals surface area contributed by atoms with Crippen LogP contribution in [0.2, 0.25) is 0 Å². The molecule has 0 bridgehead atoms. The molecule has 39 heavy (non-hydrogen) atoms. The molecule has 1 aliphatic heterocycles. The number of benzene rings is 3. The summed E-state index contributed by atoms with van der Waals surface area (Å²) < 4.78 is 1.37. The summed E-state index contributed by atoms with van der Waals surface area (Å²) in [4.78, 5) is 32.7. The number of phenols is 1. The fourth-order valence-electron chi connectivity index (χ4n) is 4.33. The SMILES string of the molecule is [C-]#[N+]c1cnn(-c2ccccn2)c1N=Nc1c(O)c(C(=O)Nc2ccc3c(c2)NC(=O)C3)cc2ccccc12. The standard InChI is InChI=1S/C28H18N8O3/c1-29-22-15-31-36(23-8-4-5-11-30-23)27(22)35-34-25-19-7-3-2-6-16(19)12-20(26(25)38)28(39)32-18-10-9-17-13-24(37)33-21(17)14-18/h2-12,14-15,38H,13H2,(H,32,39)(H,33,37). The molecule has 2 aromatic heterocycles. The number of pyridine rings is 1. The van der Waals surface area contributed by atoms with Gasteiger partial charge in [0.25, 0.3) is 11.6 Å². The highest BCUT2D eigenvalue weighted by molar-refractivity contribution is 6.12. The number of amides is 2. The summed E-state index contributed by atoms with van der Waals surface area (Å²) in [5.41, 5.74) is 2.12. The van der Waals surface area contributed by atoms with Crippen LogP contribution in [0, 0.1) is 6.57 Å². The second kappa shape index (κ2) is 9.53. The number of carbonyl (C=O) groups is 2. The number of nitrogens with zero attached hydrogens (tertiary/aromatic N) is 6. The predicted octanol–water partition coefficient (Wildman–Crippen LogP) is 5.84. The molecule has 0 aliphatic carbocycles. The predicted molar refractivity (Wildman–Crippen MR) is 144 cm³/mol. The zero-order valence-corrected chi connectivity index (χ0v) is 20.2. The lowest BCUT2D eigenvalue weighted by Crippen LogP contribution is -2.12. The van der Waals surface area contributed by atoms with Crippen molar-refractivity contribution in [2.45, 2.75) is 6.42 Å². The van der Waals surface area contributed by atoms with Gasteiger partial charge in [-0.25, -0.2) is 14.5 Å². The average molecular weight is 515 g/mol. The lowest BCUT2D eigenvalue weighted by Gasteiger charge is -2.12. The zero-order valence-electron chi connectivity index (χ0n) is 20.2. The number of anilines is 2. The zero-order chi connectivity index (χ0) is 26.9. The van der Waals surface area contributed by atoms with Crippen molar-refractivity contribution in [2.75, 3.05) is 10.6 Å². The van der Waals surface area contributed by atoms with Gasteiger partial charge in [-0.05, 0) is 41.3 Å². The first-order valence-electron chi connectivity index (χ1n) is 11.8. The highest BCUT2D eigenvalue weighted by atomic mass is 16.3. The van der Waals surface area contributed by atoms with Gasteiger partial charge in [-0.15, -0.1) is 10.2 Å². The Kier molecular flexibility index (Phi) is 5.74. The number of rotatable bonds is 5. The molecule has 6 rings (SSSR count). The molecular weight excluding hydrogens is 496 g/mol. The minimum atomic E-state index is -0.570. The Bertz CT molecular complexity index is 1850. The third kappa shape index (κ3) is 4.32. The lowest BCUT2D eigenvalue weighted by atomic mass is 10.0. The molecule has 0 atom stereocenters. The first kappa shape index (κ1) is 23.5. The molecule has 11 heteroatoms. The van der Waals surface area contributed by atoms with Crippen molar-refractivity contribution in [3.05, 3.63) is 102 Å². The molecule has 11 nitrogen and oxygen atoms in total. The van der Waals surface area contributed by atoms with Gasteiger partial charge in [-0.2, -0.15) is 5.10 Å². The molecule has 1 aliphatic rings. The van der Waals surface area contributed by atoms with Crippen LogP contribution in [-0.4, -0.2) is 31.7 Å². The van der Waals surface area contributed by atoms with Gasteiger partial charge in [0.2, 0.25) is 5.91 Å². The largest absolute Gasteiger partial charge is 0.505 e. The van der Waals surface area contributed by atoms with Crippen LogP contribution < -0.4 is 10.6 Å². The lowest BCUT2D eigenvalue weighted by molar-refractivity contribution is -0.115. The van der Waals surface area contributed by atoms with E-state index in [-0.39, 0.29) is 40.8 Å². The van der Waals surface area contributed by atoms with Crippen LogP contribution in [0.3, 0.4) is 0 Å². The second-order valence-electron chi connectivity index (χ2n) is 8.66. The Morgan fingerprint density at radius 1 is 1.10 bits per heavy atom. The first-order valence-corrected chi connectivity index (χ1v) is 11.8. The van der Waals surface area contributed by atoms with E-state index in [0.717, 1.165) is 5.56 Å². The Labute approximate surface area is 221 Å². The molecule has 0 unspecified atom stereocenters. The topological polar surface area (TPSA) is 138 Å². The molecule has 5 aromatic rings. The number of carbonyl (C=O) groups excluding carboxylic acids is 2. The Morgan fingerprint density at radius 2 is 1.95 bits per heavy atom. The van der Waals surface area contributed by atoms with Crippen LogP contribution in [0.4, 0.5) is 28.6 Å². The molecule has 0 saturated heterocycles. The quantitative estimate of drug-likeness (QED) is 0.200. The van der Waals surface area contributed by atoms with Crippen LogP contribution in [0.5, 0.6) is 5.75 Å². The van der Waals surface area contributed by atoms with E-state index < -0.39 is 5.91 Å². The Balaban J connectivity index is 1.40. The molecule has 2 amide bonds. The minimum Gasteiger partial charge on any atom is -0.505 e. The summed E-state index contributed by atoms with van der Waals surface area (Å²) in [5, 5.41) is 30.7. The highest BCUT2D eigenvalue weighted by Crippen LogP contribution is 2.41. The third-order valence-corrected chi connectivity index (χ3v) is 6.19. The van der Waals surface area contributed by atoms with Crippen LogP contribution in [0.1, 0.15) is 15.9 Å². The molecule has 0 saturated carbocycles. The van der Waals surface area contributed by atoms with Crippen molar-refractivity contribution in [1.29, 1.82) is 0 Å². The van der Waals surface area contributed by atoms with E-state index in [0.29, 0.717) is 28.0 Å². The van der Waals surface area contributed by atoms with E-state index in [9.17, 15) is 14.7 Å². The van der Waals surface area contributed by atoms with E-state index in [1.807, 2.05) is 0 Å². The number of fused-ring (bicyclic) bond motifs is 2. The van der Waals surface area contributed by atoms with Gasteiger partial charge in [-0.1, -0.05) is 36.4 Å². The van der Waals surface area contributed by atoms with Gasteiger partial charge in [0.1, 0.15) is 5.69 Å². The van der Waals surface area contributed by atoms with Crippen LogP contribution >= 0.6 is 0 Å². The molecule has 3 N–H and O–H groups in total. The number of phenolic OH excluding ortho intramolecular Hbond substituents is 1. The monoisotopic (exact) mass is 514 g/mol. The van der Waals surface area contributed by atoms with Gasteiger partial charge in [0.05, 0.1) is 24.8 Å².